The topological polar surface area (TPSA) is 15.3 Å². The van der Waals surface area contributed by atoms with Gasteiger partial charge in [0.15, 0.2) is 0 Å². The summed E-state index contributed by atoms with van der Waals surface area (Å²) in [5.41, 5.74) is 0. The first-order valence-corrected chi connectivity index (χ1v) is 7.19. The molecule has 2 fully saturated rings. The van der Waals surface area contributed by atoms with E-state index >= 15 is 0 Å². The molecule has 16 heavy (non-hydrogen) atoms. The Morgan fingerprint density at radius 1 is 1.12 bits per heavy atom. The smallest absolute Gasteiger partial charge is 0.0119 e. The standard InChI is InChI=1S/C14H28N2/c1-12-10-14(8-9-15-12)16(2)11-13-6-4-3-5-7-13/h12-15H,3-11H2,1-2H3. The predicted octanol–water partition coefficient (Wildman–Crippen LogP) is 2.64. The second kappa shape index (κ2) is 6.02. The maximum absolute atomic E-state index is 3.54. The van der Waals surface area contributed by atoms with Crippen molar-refractivity contribution in [1.82, 2.24) is 10.2 Å². The van der Waals surface area contributed by atoms with Gasteiger partial charge in [0.2, 0.25) is 0 Å². The van der Waals surface area contributed by atoms with Crippen molar-refractivity contribution in [3.8, 4) is 0 Å². The molecule has 1 saturated carbocycles. The molecular formula is C14H28N2. The van der Waals surface area contributed by atoms with Gasteiger partial charge in [-0.25, -0.2) is 0 Å². The molecule has 2 nitrogen and oxygen atoms in total. The van der Waals surface area contributed by atoms with Crippen LogP contribution in [0.5, 0.6) is 0 Å². The number of rotatable bonds is 3. The van der Waals surface area contributed by atoms with Crippen LogP contribution < -0.4 is 5.32 Å². The molecule has 1 saturated heterocycles. The molecule has 0 aromatic carbocycles. The Morgan fingerprint density at radius 3 is 2.56 bits per heavy atom. The molecule has 2 rings (SSSR count). The number of piperidine rings is 1. The van der Waals surface area contributed by atoms with Crippen molar-refractivity contribution >= 4 is 0 Å². The Balaban J connectivity index is 1.75. The summed E-state index contributed by atoms with van der Waals surface area (Å²) in [7, 11) is 2.34. The Bertz CT molecular complexity index is 199. The molecule has 0 aromatic rings. The highest BCUT2D eigenvalue weighted by Gasteiger charge is 2.24. The van der Waals surface area contributed by atoms with Crippen molar-refractivity contribution < 1.29 is 0 Å². The zero-order chi connectivity index (χ0) is 11.4. The Hall–Kier alpha value is -0.0800. The quantitative estimate of drug-likeness (QED) is 0.793. The van der Waals surface area contributed by atoms with Crippen LogP contribution in [0, 0.1) is 5.92 Å². The van der Waals surface area contributed by atoms with Gasteiger partial charge in [0.25, 0.3) is 0 Å². The molecule has 0 spiro atoms. The number of hydrogen-bond acceptors (Lipinski definition) is 2. The van der Waals surface area contributed by atoms with E-state index < -0.39 is 0 Å². The molecule has 2 unspecified atom stereocenters. The summed E-state index contributed by atoms with van der Waals surface area (Å²) in [6, 6.07) is 1.55. The molecule has 0 radical (unpaired) electrons. The summed E-state index contributed by atoms with van der Waals surface area (Å²) in [5.74, 6) is 0.990. The normalized spacial score (nSPS) is 33.2. The van der Waals surface area contributed by atoms with E-state index in [2.05, 4.69) is 24.2 Å². The van der Waals surface area contributed by atoms with E-state index in [0.29, 0.717) is 6.04 Å². The molecule has 2 heteroatoms. The van der Waals surface area contributed by atoms with E-state index in [0.717, 1.165) is 12.0 Å². The van der Waals surface area contributed by atoms with Gasteiger partial charge in [0.1, 0.15) is 0 Å². The molecule has 1 heterocycles. The summed E-state index contributed by atoms with van der Waals surface area (Å²) in [6.07, 6.45) is 10.1. The second-order valence-electron chi connectivity index (χ2n) is 5.98. The van der Waals surface area contributed by atoms with Gasteiger partial charge >= 0.3 is 0 Å². The van der Waals surface area contributed by atoms with Crippen LogP contribution in [0.4, 0.5) is 0 Å². The van der Waals surface area contributed by atoms with E-state index in [1.54, 1.807) is 0 Å². The number of nitrogens with one attached hydrogen (secondary N) is 1. The summed E-state index contributed by atoms with van der Waals surface area (Å²) >= 11 is 0. The van der Waals surface area contributed by atoms with Crippen LogP contribution in [0.15, 0.2) is 0 Å². The maximum Gasteiger partial charge on any atom is 0.0119 e. The molecule has 0 bridgehead atoms. The second-order valence-corrected chi connectivity index (χ2v) is 5.98. The zero-order valence-electron chi connectivity index (χ0n) is 11.0. The lowest BCUT2D eigenvalue weighted by Crippen LogP contribution is -2.46. The Morgan fingerprint density at radius 2 is 1.88 bits per heavy atom. The molecule has 2 aliphatic rings. The molecule has 94 valence electrons. The van der Waals surface area contributed by atoms with E-state index in [-0.39, 0.29) is 0 Å². The van der Waals surface area contributed by atoms with Gasteiger partial charge in [-0.1, -0.05) is 19.3 Å². The molecule has 1 aliphatic carbocycles. The molecule has 1 aliphatic heterocycles. The maximum atomic E-state index is 3.54. The van der Waals surface area contributed by atoms with Gasteiger partial charge < -0.3 is 10.2 Å². The molecule has 0 aromatic heterocycles. The molecule has 2 atom stereocenters. The third-order valence-electron chi connectivity index (χ3n) is 4.49. The SMILES string of the molecule is CC1CC(N(C)CC2CCCCC2)CCN1. The largest absolute Gasteiger partial charge is 0.314 e. The van der Waals surface area contributed by atoms with Crippen LogP contribution in [-0.2, 0) is 0 Å². The van der Waals surface area contributed by atoms with Gasteiger partial charge in [-0.05, 0) is 52.1 Å². The summed E-state index contributed by atoms with van der Waals surface area (Å²) < 4.78 is 0. The Labute approximate surface area is 101 Å². The minimum atomic E-state index is 0.715. The molecule has 0 amide bonds. The average Bonchev–Trinajstić information content (AvgIpc) is 2.30. The van der Waals surface area contributed by atoms with Crippen LogP contribution >= 0.6 is 0 Å². The lowest BCUT2D eigenvalue weighted by molar-refractivity contribution is 0.143. The summed E-state index contributed by atoms with van der Waals surface area (Å²) in [5, 5.41) is 3.54. The van der Waals surface area contributed by atoms with Crippen LogP contribution in [-0.4, -0.2) is 37.1 Å². The van der Waals surface area contributed by atoms with Gasteiger partial charge in [-0.2, -0.15) is 0 Å². The molecule has 1 N–H and O–H groups in total. The predicted molar refractivity (Wildman–Crippen MR) is 69.7 cm³/mol. The highest BCUT2D eigenvalue weighted by atomic mass is 15.1. The van der Waals surface area contributed by atoms with Crippen molar-refractivity contribution in [3.05, 3.63) is 0 Å². The monoisotopic (exact) mass is 224 g/mol. The van der Waals surface area contributed by atoms with Crippen LogP contribution in [0.3, 0.4) is 0 Å². The van der Waals surface area contributed by atoms with Crippen LogP contribution in [0.1, 0.15) is 51.9 Å². The lowest BCUT2D eigenvalue weighted by atomic mass is 9.88. The third-order valence-corrected chi connectivity index (χ3v) is 4.49. The first kappa shape index (κ1) is 12.4. The summed E-state index contributed by atoms with van der Waals surface area (Å²) in [4.78, 5) is 2.65. The van der Waals surface area contributed by atoms with Gasteiger partial charge in [-0.3, -0.25) is 0 Å². The number of hydrogen-bond donors (Lipinski definition) is 1. The minimum Gasteiger partial charge on any atom is -0.314 e. The first-order chi connectivity index (χ1) is 7.75. The van der Waals surface area contributed by atoms with Crippen molar-refractivity contribution in [1.29, 1.82) is 0 Å². The zero-order valence-corrected chi connectivity index (χ0v) is 11.0. The average molecular weight is 224 g/mol. The van der Waals surface area contributed by atoms with Crippen molar-refractivity contribution in [2.24, 2.45) is 5.92 Å². The van der Waals surface area contributed by atoms with Crippen molar-refractivity contribution in [2.45, 2.75) is 64.0 Å². The minimum absolute atomic E-state index is 0.715. The highest BCUT2D eigenvalue weighted by molar-refractivity contribution is 4.82. The lowest BCUT2D eigenvalue weighted by Gasteiger charge is -2.37. The Kier molecular flexibility index (Phi) is 4.66. The van der Waals surface area contributed by atoms with E-state index in [4.69, 9.17) is 0 Å². The van der Waals surface area contributed by atoms with Gasteiger partial charge in [0, 0.05) is 18.6 Å². The van der Waals surface area contributed by atoms with Gasteiger partial charge in [0.05, 0.1) is 0 Å². The number of nitrogens with zero attached hydrogens (tertiary/aromatic N) is 1. The highest BCUT2D eigenvalue weighted by Crippen LogP contribution is 2.25. The van der Waals surface area contributed by atoms with E-state index in [1.165, 1.54) is 58.0 Å². The van der Waals surface area contributed by atoms with Crippen molar-refractivity contribution in [2.75, 3.05) is 20.1 Å². The fourth-order valence-electron chi connectivity index (χ4n) is 3.43. The van der Waals surface area contributed by atoms with Crippen LogP contribution in [0.25, 0.3) is 0 Å². The van der Waals surface area contributed by atoms with Gasteiger partial charge in [-0.15, -0.1) is 0 Å². The fraction of sp³-hybridized carbons (Fsp3) is 1.00. The van der Waals surface area contributed by atoms with Crippen molar-refractivity contribution in [3.63, 3.8) is 0 Å². The first-order valence-electron chi connectivity index (χ1n) is 7.19. The third kappa shape index (κ3) is 3.46. The van der Waals surface area contributed by atoms with E-state index in [9.17, 15) is 0 Å². The summed E-state index contributed by atoms with van der Waals surface area (Å²) in [6.45, 7) is 4.87. The van der Waals surface area contributed by atoms with E-state index in [1.807, 2.05) is 0 Å². The van der Waals surface area contributed by atoms with Crippen LogP contribution in [0.2, 0.25) is 0 Å². The fourth-order valence-corrected chi connectivity index (χ4v) is 3.43. The molecular weight excluding hydrogens is 196 g/mol.